The number of rotatable bonds is 6. The van der Waals surface area contributed by atoms with Crippen molar-refractivity contribution in [3.05, 3.63) is 76.6 Å². The quantitative estimate of drug-likeness (QED) is 0.298. The molecule has 4 aromatic rings. The summed E-state index contributed by atoms with van der Waals surface area (Å²) in [4.78, 5) is 8.99. The third-order valence-corrected chi connectivity index (χ3v) is 7.37. The average Bonchev–Trinajstić information content (AvgIpc) is 3.52. The summed E-state index contributed by atoms with van der Waals surface area (Å²) in [5.41, 5.74) is 1.56. The molecule has 2 unspecified atom stereocenters. The molecule has 2 fully saturated rings. The smallest absolute Gasteiger partial charge is 0.194 e. The number of ether oxygens (including phenoxy) is 1. The average molecular weight is 577 g/mol. The Balaban J connectivity index is 1.40. The normalized spacial score (nSPS) is 24.9. The molecule has 40 heavy (non-hydrogen) atoms. The van der Waals surface area contributed by atoms with E-state index in [1.807, 2.05) is 0 Å². The van der Waals surface area contributed by atoms with Crippen LogP contribution in [0.15, 0.2) is 36.8 Å². The third kappa shape index (κ3) is 4.67. The molecule has 1 aromatic carbocycles. The highest BCUT2D eigenvalue weighted by atomic mass is 35.5. The largest absolute Gasteiger partial charge is 0.394 e. The minimum Gasteiger partial charge on any atom is -0.394 e. The summed E-state index contributed by atoms with van der Waals surface area (Å²) in [5.74, 6) is -3.54. The maximum Gasteiger partial charge on any atom is 0.194 e. The van der Waals surface area contributed by atoms with Crippen molar-refractivity contribution < 1.29 is 33.2 Å². The van der Waals surface area contributed by atoms with Crippen molar-refractivity contribution in [1.82, 2.24) is 29.5 Å². The van der Waals surface area contributed by atoms with Gasteiger partial charge in [0.15, 0.2) is 23.3 Å². The van der Waals surface area contributed by atoms with Crippen molar-refractivity contribution in [1.29, 1.82) is 0 Å². The van der Waals surface area contributed by atoms with Crippen molar-refractivity contribution in [2.45, 2.75) is 56.1 Å². The van der Waals surface area contributed by atoms with E-state index >= 15 is 0 Å². The summed E-state index contributed by atoms with van der Waals surface area (Å²) < 4.78 is 49.8. The minimum absolute atomic E-state index is 0.00498. The number of halogens is 4. The third-order valence-electron chi connectivity index (χ3n) is 7.17. The minimum atomic E-state index is -1.60. The molecule has 0 bridgehead atoms. The highest BCUT2D eigenvalue weighted by Crippen LogP contribution is 2.43. The highest BCUT2D eigenvalue weighted by molar-refractivity contribution is 6.30. The first kappa shape index (κ1) is 26.8. The molecule has 4 heterocycles. The van der Waals surface area contributed by atoms with Gasteiger partial charge < -0.3 is 20.1 Å². The Kier molecular flexibility index (Phi) is 6.87. The van der Waals surface area contributed by atoms with Crippen molar-refractivity contribution in [2.75, 3.05) is 6.61 Å². The topological polar surface area (TPSA) is 131 Å². The van der Waals surface area contributed by atoms with Crippen LogP contribution in [-0.4, -0.2) is 69.8 Å². The van der Waals surface area contributed by atoms with Crippen LogP contribution in [0.4, 0.5) is 13.2 Å². The molecule has 0 spiro atoms. The Morgan fingerprint density at radius 2 is 1.77 bits per heavy atom. The van der Waals surface area contributed by atoms with Gasteiger partial charge >= 0.3 is 0 Å². The Morgan fingerprint density at radius 3 is 2.45 bits per heavy atom. The van der Waals surface area contributed by atoms with Gasteiger partial charge in [-0.2, -0.15) is 10.2 Å². The predicted molar refractivity (Wildman–Crippen MR) is 134 cm³/mol. The molecule has 10 nitrogen and oxygen atoms in total. The lowest BCUT2D eigenvalue weighted by Gasteiger charge is -2.41. The van der Waals surface area contributed by atoms with Crippen LogP contribution < -0.4 is 0 Å². The van der Waals surface area contributed by atoms with Crippen LogP contribution in [0.25, 0.3) is 16.8 Å². The predicted octanol–water partition coefficient (Wildman–Crippen LogP) is 3.18. The maximum absolute atomic E-state index is 13.8. The summed E-state index contributed by atoms with van der Waals surface area (Å²) in [6.07, 6.45) is 0.831. The summed E-state index contributed by atoms with van der Waals surface area (Å²) in [6.45, 7) is 1.07. The first-order valence-corrected chi connectivity index (χ1v) is 12.9. The number of benzene rings is 1. The van der Waals surface area contributed by atoms with Gasteiger partial charge in [-0.1, -0.05) is 11.6 Å². The van der Waals surface area contributed by atoms with E-state index in [9.17, 15) is 28.5 Å². The van der Waals surface area contributed by atoms with E-state index in [1.165, 1.54) is 21.8 Å². The molecule has 6 rings (SSSR count). The second-order valence-corrected chi connectivity index (χ2v) is 10.4. The van der Waals surface area contributed by atoms with Gasteiger partial charge in [-0.05, 0) is 43.5 Å². The van der Waals surface area contributed by atoms with Gasteiger partial charge in [0.05, 0.1) is 29.2 Å². The number of nitrogens with zero attached hydrogens (tertiary/aromatic N) is 6. The fourth-order valence-electron chi connectivity index (χ4n) is 5.07. The highest BCUT2D eigenvalue weighted by Gasteiger charge is 2.48. The van der Waals surface area contributed by atoms with E-state index in [0.29, 0.717) is 16.5 Å². The van der Waals surface area contributed by atoms with E-state index in [0.717, 1.165) is 30.7 Å². The van der Waals surface area contributed by atoms with Gasteiger partial charge in [0.2, 0.25) is 0 Å². The Hall–Kier alpha value is -3.36. The molecule has 210 valence electrons. The SMILES string of the molecule is Cc1nc([C@@H]2OC(CO)[C@H](O)[C@H](n3cc(-c4cc(F)c(F)c(F)c4)cn3)C2O)n(-c2cc(Cl)cnc2C2CC2)n1. The van der Waals surface area contributed by atoms with Crippen LogP contribution in [0.3, 0.4) is 0 Å². The molecule has 3 N–H and O–H groups in total. The molecule has 2 aliphatic rings. The lowest BCUT2D eigenvalue weighted by molar-refractivity contribution is -0.210. The van der Waals surface area contributed by atoms with Crippen LogP contribution in [0.1, 0.15) is 48.2 Å². The van der Waals surface area contributed by atoms with Gasteiger partial charge in [0.1, 0.15) is 36.3 Å². The van der Waals surface area contributed by atoms with Crippen molar-refractivity contribution >= 4 is 11.6 Å². The lowest BCUT2D eigenvalue weighted by atomic mass is 9.92. The standard InChI is InChI=1S/C26H24ClF3N6O4/c1-11-33-26(36(34-11)18-6-15(27)8-31-21(18)12-2-3-12)25-24(39)22(23(38)19(10-37)40-25)35-9-14(7-32-35)13-4-16(28)20(30)17(29)5-13/h4-9,12,19,22-25,37-39H,2-3,10H2,1H3/t19?,22-,23-,24?,25+/m0/s1. The Bertz CT molecular complexity index is 1550. The summed E-state index contributed by atoms with van der Waals surface area (Å²) in [6, 6.07) is 2.16. The van der Waals surface area contributed by atoms with E-state index in [2.05, 4.69) is 20.2 Å². The van der Waals surface area contributed by atoms with Crippen LogP contribution >= 0.6 is 11.6 Å². The lowest BCUT2D eigenvalue weighted by Crippen LogP contribution is -2.53. The van der Waals surface area contributed by atoms with E-state index in [1.54, 1.807) is 19.2 Å². The second kappa shape index (κ2) is 10.2. The van der Waals surface area contributed by atoms with Gasteiger partial charge in [-0.25, -0.2) is 22.8 Å². The molecule has 0 amide bonds. The number of aliphatic hydroxyl groups excluding tert-OH is 3. The molecule has 1 aliphatic carbocycles. The number of aryl methyl sites for hydroxylation is 1. The van der Waals surface area contributed by atoms with Crippen LogP contribution in [-0.2, 0) is 4.74 Å². The van der Waals surface area contributed by atoms with E-state index in [-0.39, 0.29) is 22.9 Å². The van der Waals surface area contributed by atoms with Crippen molar-refractivity contribution in [2.24, 2.45) is 0 Å². The zero-order valence-corrected chi connectivity index (χ0v) is 21.8. The van der Waals surface area contributed by atoms with E-state index in [4.69, 9.17) is 16.3 Å². The van der Waals surface area contributed by atoms with Crippen LogP contribution in [0.2, 0.25) is 5.02 Å². The zero-order valence-electron chi connectivity index (χ0n) is 21.0. The first-order valence-electron chi connectivity index (χ1n) is 12.6. The zero-order chi connectivity index (χ0) is 28.3. The van der Waals surface area contributed by atoms with Gasteiger partial charge in [-0.3, -0.25) is 9.67 Å². The number of hydrogen-bond acceptors (Lipinski definition) is 8. The monoisotopic (exact) mass is 576 g/mol. The molecule has 5 atom stereocenters. The molecule has 1 aliphatic heterocycles. The molecule has 1 saturated carbocycles. The van der Waals surface area contributed by atoms with Crippen LogP contribution in [0, 0.1) is 24.4 Å². The van der Waals surface area contributed by atoms with Gasteiger partial charge in [0.25, 0.3) is 0 Å². The van der Waals surface area contributed by atoms with Crippen LogP contribution in [0.5, 0.6) is 0 Å². The molecule has 14 heteroatoms. The molecular weight excluding hydrogens is 553 g/mol. The van der Waals surface area contributed by atoms with Crippen molar-refractivity contribution in [3.8, 4) is 16.8 Å². The first-order chi connectivity index (χ1) is 19.2. The Morgan fingerprint density at radius 1 is 1.05 bits per heavy atom. The Labute approximate surface area is 230 Å². The molecular formula is C26H24ClF3N6O4. The number of pyridine rings is 1. The molecule has 1 saturated heterocycles. The maximum atomic E-state index is 13.8. The van der Waals surface area contributed by atoms with Crippen molar-refractivity contribution in [3.63, 3.8) is 0 Å². The number of aliphatic hydroxyl groups is 3. The fraction of sp³-hybridized carbons (Fsp3) is 0.385. The second-order valence-electron chi connectivity index (χ2n) is 9.97. The molecule has 0 radical (unpaired) electrons. The molecule has 3 aromatic heterocycles. The number of hydrogen-bond donors (Lipinski definition) is 3. The summed E-state index contributed by atoms with van der Waals surface area (Å²) in [5, 5.41) is 41.6. The number of aromatic nitrogens is 6. The van der Waals surface area contributed by atoms with Gasteiger partial charge in [-0.15, -0.1) is 0 Å². The summed E-state index contributed by atoms with van der Waals surface area (Å²) >= 11 is 6.26. The summed E-state index contributed by atoms with van der Waals surface area (Å²) in [7, 11) is 0. The van der Waals surface area contributed by atoms with E-state index < -0.39 is 54.5 Å². The van der Waals surface area contributed by atoms with Gasteiger partial charge in [0, 0.05) is 23.9 Å². The fourth-order valence-corrected chi connectivity index (χ4v) is 5.23.